The number of ether oxygens (including phenoxy) is 9. The van der Waals surface area contributed by atoms with E-state index in [0.717, 1.165) is 70.6 Å². The van der Waals surface area contributed by atoms with Gasteiger partial charge in [0, 0.05) is 91.8 Å². The minimum absolute atomic E-state index is 0.0426. The van der Waals surface area contributed by atoms with Crippen LogP contribution in [0.15, 0.2) is 0 Å². The predicted octanol–water partition coefficient (Wildman–Crippen LogP) is 1.54. The van der Waals surface area contributed by atoms with E-state index in [2.05, 4.69) is 31.9 Å². The van der Waals surface area contributed by atoms with Gasteiger partial charge in [-0.1, -0.05) is 64.7 Å². The number of esters is 2. The van der Waals surface area contributed by atoms with E-state index in [1.54, 1.807) is 6.92 Å². The average molecular weight is 1550 g/mol. The lowest BCUT2D eigenvalue weighted by molar-refractivity contribution is -0.270. The number of carbonyl (C=O) groups is 10. The van der Waals surface area contributed by atoms with Crippen LogP contribution in [0.25, 0.3) is 0 Å². The van der Waals surface area contributed by atoms with Gasteiger partial charge in [0.1, 0.15) is 84.6 Å². The van der Waals surface area contributed by atoms with Gasteiger partial charge in [-0.05, 0) is 102 Å². The maximum absolute atomic E-state index is 13.3. The highest BCUT2D eigenvalue weighted by molar-refractivity contribution is 5.79. The molecule has 624 valence electrons. The highest BCUT2D eigenvalue weighted by Crippen LogP contribution is 2.40. The molecular weight excluding hydrogens is 1420 g/mol. The monoisotopic (exact) mass is 1550 g/mol. The normalized spacial score (nSPS) is 24.7. The molecule has 0 spiro atoms. The molecular formula is C74H130N6O28. The molecule has 3 fully saturated rings. The van der Waals surface area contributed by atoms with Crippen molar-refractivity contribution in [2.45, 2.75) is 325 Å². The summed E-state index contributed by atoms with van der Waals surface area (Å²) in [4.78, 5) is 124. The van der Waals surface area contributed by atoms with Crippen molar-refractivity contribution < 1.29 is 137 Å². The molecule has 3 saturated heterocycles. The Hall–Kier alpha value is -5.70. The predicted molar refractivity (Wildman–Crippen MR) is 387 cm³/mol. The zero-order valence-electron chi connectivity index (χ0n) is 64.1. The molecule has 108 heavy (non-hydrogen) atoms. The van der Waals surface area contributed by atoms with Crippen molar-refractivity contribution in [3.8, 4) is 0 Å². The smallest absolute Gasteiger partial charge is 0.407 e. The molecule has 0 aromatic carbocycles. The van der Waals surface area contributed by atoms with Gasteiger partial charge in [0.2, 0.25) is 29.5 Å². The van der Waals surface area contributed by atoms with Gasteiger partial charge in [-0.25, -0.2) is 4.79 Å². The molecule has 15 atom stereocenters. The summed E-state index contributed by atoms with van der Waals surface area (Å²) >= 11 is 0. The third kappa shape index (κ3) is 40.0. The third-order valence-electron chi connectivity index (χ3n) is 19.2. The molecule has 0 saturated carbocycles. The van der Waals surface area contributed by atoms with Crippen LogP contribution in [0.3, 0.4) is 0 Å². The van der Waals surface area contributed by atoms with Crippen molar-refractivity contribution in [3.63, 3.8) is 0 Å². The van der Waals surface area contributed by atoms with Crippen LogP contribution < -0.4 is 31.9 Å². The van der Waals surface area contributed by atoms with E-state index >= 15 is 0 Å². The lowest BCUT2D eigenvalue weighted by Crippen LogP contribution is -2.64. The molecule has 0 aromatic rings. The summed E-state index contributed by atoms with van der Waals surface area (Å²) in [5.41, 5.74) is -0.572. The van der Waals surface area contributed by atoms with Crippen LogP contribution in [0.4, 0.5) is 4.79 Å². The van der Waals surface area contributed by atoms with Crippen LogP contribution in [0, 0.1) is 5.41 Å². The maximum atomic E-state index is 13.3. The molecule has 3 aliphatic rings. The molecule has 34 heteroatoms. The third-order valence-corrected chi connectivity index (χ3v) is 19.2. The van der Waals surface area contributed by atoms with Crippen molar-refractivity contribution >= 4 is 59.1 Å². The van der Waals surface area contributed by atoms with Crippen LogP contribution in [-0.4, -0.2) is 276 Å². The molecule has 0 aromatic heterocycles. The van der Waals surface area contributed by atoms with E-state index < -0.39 is 141 Å². The molecule has 15 unspecified atom stereocenters. The average Bonchev–Trinajstić information content (AvgIpc) is 0.822. The van der Waals surface area contributed by atoms with E-state index in [1.807, 2.05) is 0 Å². The molecule has 3 aliphatic heterocycles. The number of aliphatic hydroxyl groups is 9. The minimum Gasteiger partial charge on any atom is -0.466 e. The SMILES string of the molecule is CCC(=O)CC(CCCOC(=O)CCCCCCCNC(=O)CCCOC1OC(CO)C(O)C(O)C1NC(C)=O)(CCCOC(=O)CCCCCCCNC(=O)CCCOC1OC(CO)C(O)C(O)C1NC(C)=O)CCCOC(=O)NCCCCCCCC(=O)CCCOC1OC(CO)C(O)C(O)C1NC(C)=O. The summed E-state index contributed by atoms with van der Waals surface area (Å²) in [7, 11) is 0. The number of ketones is 2. The number of hydrogen-bond donors (Lipinski definition) is 15. The number of unbranched alkanes of at least 4 members (excludes halogenated alkanes) is 12. The second-order valence-corrected chi connectivity index (χ2v) is 28.4. The Balaban J connectivity index is 1.38. The molecule has 0 radical (unpaired) electrons. The summed E-state index contributed by atoms with van der Waals surface area (Å²) in [5.74, 6) is -2.37. The van der Waals surface area contributed by atoms with Gasteiger partial charge in [-0.3, -0.25) is 43.2 Å². The summed E-state index contributed by atoms with van der Waals surface area (Å²) in [5, 5.41) is 107. The zero-order chi connectivity index (χ0) is 79.7. The first-order valence-corrected chi connectivity index (χ1v) is 39.1. The molecule has 3 heterocycles. The Morgan fingerprint density at radius 2 is 0.667 bits per heavy atom. The number of amides is 6. The van der Waals surface area contributed by atoms with Gasteiger partial charge in [0.15, 0.2) is 18.9 Å². The molecule has 0 bridgehead atoms. The number of alkyl carbamates (subject to hydrolysis) is 1. The molecule has 0 aliphatic carbocycles. The van der Waals surface area contributed by atoms with Gasteiger partial charge >= 0.3 is 18.0 Å². The van der Waals surface area contributed by atoms with E-state index in [0.29, 0.717) is 116 Å². The molecule has 15 N–H and O–H groups in total. The summed E-state index contributed by atoms with van der Waals surface area (Å²) in [6.45, 7) is 5.65. The van der Waals surface area contributed by atoms with Crippen LogP contribution in [0.1, 0.15) is 233 Å². The molecule has 3 rings (SSSR count). The van der Waals surface area contributed by atoms with E-state index in [1.165, 1.54) is 20.8 Å². The second-order valence-electron chi connectivity index (χ2n) is 28.4. The quantitative estimate of drug-likeness (QED) is 0.0233. The Kier molecular flexibility index (Phi) is 50.5. The first-order valence-electron chi connectivity index (χ1n) is 39.1. The fraction of sp³-hybridized carbons (Fsp3) is 0.865. The molecule has 6 amide bonds. The van der Waals surface area contributed by atoms with Gasteiger partial charge < -0.3 is 120 Å². The Labute approximate surface area is 634 Å². The Bertz CT molecular complexity index is 2340. The fourth-order valence-corrected chi connectivity index (χ4v) is 13.2. The van der Waals surface area contributed by atoms with Crippen molar-refractivity contribution in [1.82, 2.24) is 31.9 Å². The van der Waals surface area contributed by atoms with Crippen LogP contribution in [0.2, 0.25) is 0 Å². The fourth-order valence-electron chi connectivity index (χ4n) is 13.2. The highest BCUT2D eigenvalue weighted by Gasteiger charge is 2.48. The van der Waals surface area contributed by atoms with Gasteiger partial charge in [-0.2, -0.15) is 0 Å². The highest BCUT2D eigenvalue weighted by atomic mass is 16.7. The van der Waals surface area contributed by atoms with Gasteiger partial charge in [0.05, 0.1) is 59.5 Å². The lowest BCUT2D eigenvalue weighted by atomic mass is 9.71. The van der Waals surface area contributed by atoms with Crippen molar-refractivity contribution in [1.29, 1.82) is 0 Å². The Morgan fingerprint density at radius 3 is 1.02 bits per heavy atom. The zero-order valence-corrected chi connectivity index (χ0v) is 64.1. The van der Waals surface area contributed by atoms with Crippen molar-refractivity contribution in [2.24, 2.45) is 5.41 Å². The number of rotatable bonds is 60. The number of Topliss-reactive ketones (excluding diaryl/α,β-unsaturated/α-hetero) is 2. The summed E-state index contributed by atoms with van der Waals surface area (Å²) in [6, 6.07) is -3.21. The number of nitrogens with one attached hydrogen (secondary N) is 6. The lowest BCUT2D eigenvalue weighted by Gasteiger charge is -2.42. The van der Waals surface area contributed by atoms with Gasteiger partial charge in [0.25, 0.3) is 0 Å². The minimum atomic E-state index is -1.44. The Morgan fingerprint density at radius 1 is 0.352 bits per heavy atom. The first kappa shape index (κ1) is 96.5. The van der Waals surface area contributed by atoms with E-state index in [9.17, 15) is 93.9 Å². The number of aliphatic hydroxyl groups excluding tert-OH is 9. The standard InChI is InChI=1S/C74H130N6O28/c1-5-52(87)45-74(33-24-42-100-59(91)31-16-10-7-12-18-36-75-57(89)29-22-40-103-71-62(79-50(3)85)68(97)65(94)55(47-82)107-71,34-25-43-101-60(92)32-17-11-8-13-19-37-76-58(90)30-23-41-104-72-63(80-51(4)86)69(98)66(95)56(48-83)108-72)35-26-44-105-73(99)77-38-20-14-6-9-15-27-53(88)28-21-39-102-70-61(78-49(2)84)67(96)64(93)54(46-81)106-70/h54-56,61-72,81-83,93-98H,5-48H2,1-4H3,(H,75,89)(H,76,90)(H,77,99)(H,78,84)(H,79,85)(H,80,86). The van der Waals surface area contributed by atoms with Crippen molar-refractivity contribution in [3.05, 3.63) is 0 Å². The second kappa shape index (κ2) is 56.5. The van der Waals surface area contributed by atoms with Crippen LogP contribution in [-0.2, 0) is 85.8 Å². The van der Waals surface area contributed by atoms with Crippen LogP contribution in [0.5, 0.6) is 0 Å². The maximum Gasteiger partial charge on any atom is 0.407 e. The van der Waals surface area contributed by atoms with Crippen molar-refractivity contribution in [2.75, 3.05) is 79.1 Å². The van der Waals surface area contributed by atoms with Crippen LogP contribution >= 0.6 is 0 Å². The topological polar surface area (TPSA) is 508 Å². The largest absolute Gasteiger partial charge is 0.466 e. The van der Waals surface area contributed by atoms with E-state index in [-0.39, 0.29) is 113 Å². The number of hydrogen-bond acceptors (Lipinski definition) is 28. The molecule has 34 nitrogen and oxygen atoms in total. The number of carbonyl (C=O) groups excluding carboxylic acids is 10. The van der Waals surface area contributed by atoms with Gasteiger partial charge in [-0.15, -0.1) is 0 Å². The summed E-state index contributed by atoms with van der Waals surface area (Å²) < 4.78 is 50.6. The van der Waals surface area contributed by atoms with E-state index in [4.69, 9.17) is 42.6 Å². The first-order chi connectivity index (χ1) is 51.8. The summed E-state index contributed by atoms with van der Waals surface area (Å²) in [6.07, 6.45) is 1.28.